The van der Waals surface area contributed by atoms with E-state index in [4.69, 9.17) is 4.74 Å². The fraction of sp³-hybridized carbons (Fsp3) is 0.875. The molecule has 1 heterocycles. The van der Waals surface area contributed by atoms with Crippen LogP contribution in [0.15, 0.2) is 0 Å². The first-order chi connectivity index (χ1) is 9.91. The maximum atomic E-state index is 12.8. The fourth-order valence-electron chi connectivity index (χ4n) is 2.47. The van der Waals surface area contributed by atoms with E-state index in [-0.39, 0.29) is 17.4 Å². The molecule has 0 bridgehead atoms. The second-order valence-corrected chi connectivity index (χ2v) is 7.94. The van der Waals surface area contributed by atoms with Crippen LogP contribution in [0, 0.1) is 5.92 Å². The Morgan fingerprint density at radius 1 is 1.27 bits per heavy atom. The van der Waals surface area contributed by atoms with Crippen LogP contribution in [0.3, 0.4) is 0 Å². The molecule has 1 aliphatic heterocycles. The zero-order chi connectivity index (χ0) is 17.1. The summed E-state index contributed by atoms with van der Waals surface area (Å²) in [7, 11) is 0. The lowest BCUT2D eigenvalue weighted by Gasteiger charge is -2.41. The highest BCUT2D eigenvalue weighted by Gasteiger charge is 2.34. The van der Waals surface area contributed by atoms with Gasteiger partial charge in [-0.1, -0.05) is 13.8 Å². The van der Waals surface area contributed by atoms with Crippen LogP contribution in [0.4, 0.5) is 4.79 Å². The number of ether oxygens (including phenoxy) is 1. The summed E-state index contributed by atoms with van der Waals surface area (Å²) < 4.78 is 5.26. The highest BCUT2D eigenvalue weighted by molar-refractivity contribution is 5.86. The summed E-state index contributed by atoms with van der Waals surface area (Å²) in [5.41, 5.74) is -0.687. The van der Waals surface area contributed by atoms with Crippen LogP contribution in [0.25, 0.3) is 0 Å². The van der Waals surface area contributed by atoms with Gasteiger partial charge in [-0.05, 0) is 40.5 Å². The number of piperazine rings is 1. The van der Waals surface area contributed by atoms with Crippen molar-refractivity contribution in [1.82, 2.24) is 15.5 Å². The van der Waals surface area contributed by atoms with Gasteiger partial charge >= 0.3 is 6.09 Å². The van der Waals surface area contributed by atoms with Gasteiger partial charge < -0.3 is 20.3 Å². The molecule has 22 heavy (non-hydrogen) atoms. The van der Waals surface area contributed by atoms with Crippen LogP contribution in [0.1, 0.15) is 48.5 Å². The molecular formula is C16H31N3O3. The second-order valence-electron chi connectivity index (χ2n) is 7.94. The zero-order valence-corrected chi connectivity index (χ0v) is 14.9. The molecule has 6 nitrogen and oxygen atoms in total. The molecule has 0 aliphatic carbocycles. The first-order valence-corrected chi connectivity index (χ1v) is 7.95. The number of hydrogen-bond acceptors (Lipinski definition) is 4. The van der Waals surface area contributed by atoms with Gasteiger partial charge in [-0.15, -0.1) is 0 Å². The lowest BCUT2D eigenvalue weighted by atomic mass is 9.98. The van der Waals surface area contributed by atoms with Crippen molar-refractivity contribution in [2.45, 2.75) is 65.6 Å². The van der Waals surface area contributed by atoms with Crippen LogP contribution < -0.4 is 10.6 Å². The van der Waals surface area contributed by atoms with Gasteiger partial charge in [0.15, 0.2) is 0 Å². The number of rotatable bonds is 3. The van der Waals surface area contributed by atoms with E-state index in [1.165, 1.54) is 0 Å². The fourth-order valence-corrected chi connectivity index (χ4v) is 2.47. The van der Waals surface area contributed by atoms with Crippen molar-refractivity contribution in [2.75, 3.05) is 19.6 Å². The van der Waals surface area contributed by atoms with Crippen molar-refractivity contribution in [3.8, 4) is 0 Å². The largest absolute Gasteiger partial charge is 0.444 e. The molecule has 2 amide bonds. The number of carbonyl (C=O) groups is 2. The Balaban J connectivity index is 2.74. The molecule has 2 N–H and O–H groups in total. The quantitative estimate of drug-likeness (QED) is 0.833. The Morgan fingerprint density at radius 2 is 1.86 bits per heavy atom. The molecule has 0 radical (unpaired) electrons. The lowest BCUT2D eigenvalue weighted by molar-refractivity contribution is -0.136. The average molecular weight is 313 g/mol. The van der Waals surface area contributed by atoms with Gasteiger partial charge in [-0.25, -0.2) is 4.79 Å². The topological polar surface area (TPSA) is 70.7 Å². The Morgan fingerprint density at radius 3 is 2.32 bits per heavy atom. The van der Waals surface area contributed by atoms with Gasteiger partial charge in [0.2, 0.25) is 5.91 Å². The van der Waals surface area contributed by atoms with E-state index < -0.39 is 17.7 Å². The van der Waals surface area contributed by atoms with E-state index in [9.17, 15) is 9.59 Å². The standard InChI is InChI=1S/C16H31N3O3/c1-11(2)12(18-14(21)22-15(3,4)5)13(20)19-9-8-17-16(6,7)10-19/h11-12,17H,8-10H2,1-7H3,(H,18,21)/t12-/m0/s1. The maximum absolute atomic E-state index is 12.8. The van der Waals surface area contributed by atoms with Crippen LogP contribution in [0.5, 0.6) is 0 Å². The number of hydrogen-bond donors (Lipinski definition) is 2. The summed E-state index contributed by atoms with van der Waals surface area (Å²) in [5.74, 6) is -0.0477. The van der Waals surface area contributed by atoms with Crippen molar-refractivity contribution in [1.29, 1.82) is 0 Å². The molecule has 0 spiro atoms. The van der Waals surface area contributed by atoms with Crippen LogP contribution >= 0.6 is 0 Å². The van der Waals surface area contributed by atoms with Gasteiger partial charge in [0.25, 0.3) is 0 Å². The highest BCUT2D eigenvalue weighted by Crippen LogP contribution is 2.15. The number of carbonyl (C=O) groups excluding carboxylic acids is 2. The van der Waals surface area contributed by atoms with Crippen LogP contribution in [-0.2, 0) is 9.53 Å². The summed E-state index contributed by atoms with van der Waals surface area (Å²) in [4.78, 5) is 26.5. The lowest BCUT2D eigenvalue weighted by Crippen LogP contribution is -2.62. The highest BCUT2D eigenvalue weighted by atomic mass is 16.6. The summed E-state index contributed by atoms with van der Waals surface area (Å²) in [6, 6.07) is -0.566. The van der Waals surface area contributed by atoms with Gasteiger partial charge in [0, 0.05) is 25.2 Å². The summed E-state index contributed by atoms with van der Waals surface area (Å²) in [5, 5.41) is 6.10. The molecule has 0 aromatic rings. The van der Waals surface area contributed by atoms with Crippen molar-refractivity contribution in [3.63, 3.8) is 0 Å². The molecular weight excluding hydrogens is 282 g/mol. The Kier molecular flexibility index (Phi) is 5.84. The van der Waals surface area contributed by atoms with Crippen molar-refractivity contribution >= 4 is 12.0 Å². The normalized spacial score (nSPS) is 19.7. The number of alkyl carbamates (subject to hydrolysis) is 1. The predicted molar refractivity (Wildman–Crippen MR) is 86.7 cm³/mol. The van der Waals surface area contributed by atoms with E-state index in [0.29, 0.717) is 13.1 Å². The number of nitrogens with zero attached hydrogens (tertiary/aromatic N) is 1. The first-order valence-electron chi connectivity index (χ1n) is 7.95. The Bertz CT molecular complexity index is 413. The number of nitrogens with one attached hydrogen (secondary N) is 2. The maximum Gasteiger partial charge on any atom is 0.408 e. The third-order valence-corrected chi connectivity index (χ3v) is 3.49. The number of amides is 2. The average Bonchev–Trinajstić information content (AvgIpc) is 2.31. The molecule has 1 saturated heterocycles. The van der Waals surface area contributed by atoms with Crippen LogP contribution in [-0.4, -0.2) is 53.7 Å². The molecule has 6 heteroatoms. The van der Waals surface area contributed by atoms with Crippen molar-refractivity contribution < 1.29 is 14.3 Å². The Labute approximate surface area is 134 Å². The third-order valence-electron chi connectivity index (χ3n) is 3.49. The van der Waals surface area contributed by atoms with E-state index in [1.807, 2.05) is 18.7 Å². The molecule has 1 atom stereocenters. The SMILES string of the molecule is CC(C)[C@H](NC(=O)OC(C)(C)C)C(=O)N1CCNC(C)(C)C1. The van der Waals surface area contributed by atoms with Gasteiger partial charge in [-0.2, -0.15) is 0 Å². The van der Waals surface area contributed by atoms with E-state index in [2.05, 4.69) is 24.5 Å². The van der Waals surface area contributed by atoms with Gasteiger partial charge in [-0.3, -0.25) is 4.79 Å². The van der Waals surface area contributed by atoms with Gasteiger partial charge in [0.1, 0.15) is 11.6 Å². The van der Waals surface area contributed by atoms with Gasteiger partial charge in [0.05, 0.1) is 0 Å². The minimum absolute atomic E-state index is 0.00184. The second kappa shape index (κ2) is 6.86. The molecule has 0 aromatic heterocycles. The minimum Gasteiger partial charge on any atom is -0.444 e. The van der Waals surface area contributed by atoms with Crippen LogP contribution in [0.2, 0.25) is 0 Å². The smallest absolute Gasteiger partial charge is 0.408 e. The van der Waals surface area contributed by atoms with E-state index >= 15 is 0 Å². The molecule has 1 fully saturated rings. The third kappa shape index (κ3) is 5.83. The molecule has 128 valence electrons. The molecule has 0 aromatic carbocycles. The molecule has 1 rings (SSSR count). The molecule has 1 aliphatic rings. The van der Waals surface area contributed by atoms with E-state index in [0.717, 1.165) is 6.54 Å². The summed E-state index contributed by atoms with van der Waals surface area (Å²) >= 11 is 0. The van der Waals surface area contributed by atoms with E-state index in [1.54, 1.807) is 20.8 Å². The zero-order valence-electron chi connectivity index (χ0n) is 14.9. The van der Waals surface area contributed by atoms with Crippen molar-refractivity contribution in [2.24, 2.45) is 5.92 Å². The predicted octanol–water partition coefficient (Wildman–Crippen LogP) is 1.75. The minimum atomic E-state index is -0.578. The summed E-state index contributed by atoms with van der Waals surface area (Å²) in [6.45, 7) is 15.4. The molecule has 0 unspecified atom stereocenters. The van der Waals surface area contributed by atoms with Crippen molar-refractivity contribution in [3.05, 3.63) is 0 Å². The first kappa shape index (κ1) is 18.7. The Hall–Kier alpha value is -1.30. The monoisotopic (exact) mass is 313 g/mol. The molecule has 0 saturated carbocycles. The summed E-state index contributed by atoms with van der Waals surface area (Å²) in [6.07, 6.45) is -0.547.